The number of anilines is 2. The highest BCUT2D eigenvalue weighted by molar-refractivity contribution is 6.06. The second kappa shape index (κ2) is 6.63. The number of benzene rings is 1. The lowest BCUT2D eigenvalue weighted by Gasteiger charge is -2.20. The van der Waals surface area contributed by atoms with Crippen LogP contribution in [-0.2, 0) is 20.8 Å². The molecule has 1 aromatic carbocycles. The van der Waals surface area contributed by atoms with Crippen LogP contribution < -0.4 is 10.6 Å². The number of hydrogen-bond donors (Lipinski definition) is 2. The van der Waals surface area contributed by atoms with Crippen LogP contribution in [0.5, 0.6) is 0 Å². The van der Waals surface area contributed by atoms with Crippen molar-refractivity contribution in [3.63, 3.8) is 0 Å². The smallest absolute Gasteiger partial charge is 0.252 e. The van der Waals surface area contributed by atoms with Crippen LogP contribution in [0.3, 0.4) is 0 Å². The van der Waals surface area contributed by atoms with E-state index in [2.05, 4.69) is 24.5 Å². The van der Waals surface area contributed by atoms with Crippen molar-refractivity contribution < 1.29 is 14.4 Å². The van der Waals surface area contributed by atoms with Gasteiger partial charge >= 0.3 is 0 Å². The van der Waals surface area contributed by atoms with Crippen molar-refractivity contribution in [2.45, 2.75) is 45.6 Å². The molecule has 0 spiro atoms. The first-order valence-electron chi connectivity index (χ1n) is 8.47. The average molecular weight is 329 g/mol. The van der Waals surface area contributed by atoms with Gasteiger partial charge in [0.05, 0.1) is 6.42 Å². The molecule has 0 aromatic heterocycles. The van der Waals surface area contributed by atoms with E-state index in [9.17, 15) is 14.4 Å². The van der Waals surface area contributed by atoms with Crippen LogP contribution in [0.2, 0.25) is 0 Å². The van der Waals surface area contributed by atoms with Crippen LogP contribution in [0.1, 0.15) is 38.7 Å². The molecular weight excluding hydrogens is 306 g/mol. The molecule has 1 atom stereocenters. The van der Waals surface area contributed by atoms with E-state index >= 15 is 0 Å². The maximum Gasteiger partial charge on any atom is 0.252 e. The van der Waals surface area contributed by atoms with Gasteiger partial charge in [0.25, 0.3) is 5.91 Å². The Labute approximate surface area is 141 Å². The van der Waals surface area contributed by atoms with Crippen LogP contribution in [0, 0.1) is 5.92 Å². The highest BCUT2D eigenvalue weighted by Gasteiger charge is 2.38. The Morgan fingerprint density at radius 1 is 1.25 bits per heavy atom. The third kappa shape index (κ3) is 3.42. The van der Waals surface area contributed by atoms with Gasteiger partial charge in [-0.05, 0) is 42.5 Å². The van der Waals surface area contributed by atoms with Crippen LogP contribution in [0.25, 0.3) is 0 Å². The molecule has 1 aromatic rings. The van der Waals surface area contributed by atoms with Crippen molar-refractivity contribution >= 4 is 29.1 Å². The molecule has 6 heteroatoms. The van der Waals surface area contributed by atoms with Crippen molar-refractivity contribution in [3.8, 4) is 0 Å². The van der Waals surface area contributed by atoms with Gasteiger partial charge in [-0.25, -0.2) is 0 Å². The van der Waals surface area contributed by atoms with E-state index in [0.717, 1.165) is 23.4 Å². The molecule has 0 saturated carbocycles. The minimum atomic E-state index is -0.499. The number of nitrogens with zero attached hydrogens (tertiary/aromatic N) is 1. The summed E-state index contributed by atoms with van der Waals surface area (Å²) in [5, 5.41) is 6.01. The van der Waals surface area contributed by atoms with Crippen molar-refractivity contribution in [3.05, 3.63) is 23.8 Å². The van der Waals surface area contributed by atoms with Gasteiger partial charge in [0.15, 0.2) is 0 Å². The number of rotatable bonds is 5. The summed E-state index contributed by atoms with van der Waals surface area (Å²) in [5.74, 6) is 0.226. The van der Waals surface area contributed by atoms with E-state index < -0.39 is 6.04 Å². The number of carbonyl (C=O) groups is 3. The number of carbonyl (C=O) groups excluding carboxylic acids is 3. The van der Waals surface area contributed by atoms with Crippen LogP contribution in [0.4, 0.5) is 11.4 Å². The maximum absolute atomic E-state index is 12.5. The molecule has 0 bridgehead atoms. The molecule has 128 valence electrons. The van der Waals surface area contributed by atoms with Crippen molar-refractivity contribution in [1.82, 2.24) is 4.90 Å². The van der Waals surface area contributed by atoms with Crippen LogP contribution in [0.15, 0.2) is 18.2 Å². The lowest BCUT2D eigenvalue weighted by Crippen LogP contribution is -2.35. The zero-order valence-electron chi connectivity index (χ0n) is 14.1. The molecule has 3 amide bonds. The Balaban J connectivity index is 1.67. The lowest BCUT2D eigenvalue weighted by atomic mass is 10.0. The van der Waals surface area contributed by atoms with E-state index in [1.165, 1.54) is 4.90 Å². The van der Waals surface area contributed by atoms with E-state index in [1.54, 1.807) is 0 Å². The van der Waals surface area contributed by atoms with E-state index in [-0.39, 0.29) is 24.1 Å². The fraction of sp³-hybridized carbons (Fsp3) is 0.500. The van der Waals surface area contributed by atoms with Crippen molar-refractivity contribution in [2.75, 3.05) is 17.2 Å². The van der Waals surface area contributed by atoms with Crippen molar-refractivity contribution in [1.29, 1.82) is 0 Å². The largest absolute Gasteiger partial charge is 0.373 e. The Bertz CT molecular complexity index is 684. The van der Waals surface area contributed by atoms with Gasteiger partial charge in [-0.1, -0.05) is 13.8 Å². The molecule has 2 aliphatic heterocycles. The Morgan fingerprint density at radius 3 is 2.79 bits per heavy atom. The van der Waals surface area contributed by atoms with E-state index in [1.807, 2.05) is 18.2 Å². The number of nitrogens with one attached hydrogen (secondary N) is 2. The predicted molar refractivity (Wildman–Crippen MR) is 91.6 cm³/mol. The first-order chi connectivity index (χ1) is 11.4. The highest BCUT2D eigenvalue weighted by Crippen LogP contribution is 2.27. The molecule has 24 heavy (non-hydrogen) atoms. The zero-order valence-corrected chi connectivity index (χ0v) is 14.1. The normalized spacial score (nSPS) is 20.4. The molecule has 2 aliphatic rings. The summed E-state index contributed by atoms with van der Waals surface area (Å²) >= 11 is 0. The summed E-state index contributed by atoms with van der Waals surface area (Å²) < 4.78 is 0. The first-order valence-corrected chi connectivity index (χ1v) is 8.47. The number of fused-ring (bicyclic) bond motifs is 1. The molecule has 0 radical (unpaired) electrons. The molecule has 1 saturated heterocycles. The Kier molecular flexibility index (Phi) is 4.55. The SMILES string of the molecule is CC(C)CCN1C(=O)C[C@@H](Nc2ccc3c(c2)CCC(=O)N3)C1=O. The molecule has 0 aliphatic carbocycles. The van der Waals surface area contributed by atoms with Gasteiger partial charge in [-0.15, -0.1) is 0 Å². The predicted octanol–water partition coefficient (Wildman–Crippen LogP) is 2.16. The second-order valence-corrected chi connectivity index (χ2v) is 6.89. The topological polar surface area (TPSA) is 78.5 Å². The van der Waals surface area contributed by atoms with E-state index in [0.29, 0.717) is 25.3 Å². The van der Waals surface area contributed by atoms with Gasteiger partial charge in [-0.2, -0.15) is 0 Å². The maximum atomic E-state index is 12.5. The minimum absolute atomic E-state index is 0.0283. The molecule has 2 N–H and O–H groups in total. The molecule has 6 nitrogen and oxygen atoms in total. The summed E-state index contributed by atoms with van der Waals surface area (Å²) in [7, 11) is 0. The monoisotopic (exact) mass is 329 g/mol. The third-order valence-electron chi connectivity index (χ3n) is 4.52. The summed E-state index contributed by atoms with van der Waals surface area (Å²) in [4.78, 5) is 37.3. The van der Waals surface area contributed by atoms with Crippen LogP contribution in [-0.4, -0.2) is 35.2 Å². The number of amides is 3. The first kappa shape index (κ1) is 16.5. The summed E-state index contributed by atoms with van der Waals surface area (Å²) in [5.41, 5.74) is 2.68. The van der Waals surface area contributed by atoms with Gasteiger partial charge in [0.2, 0.25) is 11.8 Å². The van der Waals surface area contributed by atoms with Gasteiger partial charge in [-0.3, -0.25) is 19.3 Å². The second-order valence-electron chi connectivity index (χ2n) is 6.89. The van der Waals surface area contributed by atoms with Gasteiger partial charge in [0.1, 0.15) is 6.04 Å². The summed E-state index contributed by atoms with van der Waals surface area (Å²) in [6, 6.07) is 5.12. The fourth-order valence-corrected chi connectivity index (χ4v) is 3.09. The number of hydrogen-bond acceptors (Lipinski definition) is 4. The quantitative estimate of drug-likeness (QED) is 0.812. The minimum Gasteiger partial charge on any atom is -0.373 e. The molecule has 0 unspecified atom stereocenters. The van der Waals surface area contributed by atoms with Crippen LogP contribution >= 0.6 is 0 Å². The molecular formula is C18H23N3O3. The Hall–Kier alpha value is -2.37. The summed E-state index contributed by atoms with van der Waals surface area (Å²) in [6.07, 6.45) is 2.18. The van der Waals surface area contributed by atoms with Gasteiger partial charge in [0, 0.05) is 24.3 Å². The third-order valence-corrected chi connectivity index (χ3v) is 4.52. The Morgan fingerprint density at radius 2 is 2.04 bits per heavy atom. The highest BCUT2D eigenvalue weighted by atomic mass is 16.2. The van der Waals surface area contributed by atoms with E-state index in [4.69, 9.17) is 0 Å². The average Bonchev–Trinajstić information content (AvgIpc) is 2.79. The standard InChI is InChI=1S/C18H23N3O3/c1-11(2)7-8-21-17(23)10-15(18(21)24)19-13-4-5-14-12(9-13)3-6-16(22)20-14/h4-5,9,11,15,19H,3,6-8,10H2,1-2H3,(H,20,22)/t15-/m1/s1. The van der Waals surface area contributed by atoms with Crippen molar-refractivity contribution in [2.24, 2.45) is 5.92 Å². The number of imide groups is 1. The van der Waals surface area contributed by atoms with Gasteiger partial charge < -0.3 is 10.6 Å². The summed E-state index contributed by atoms with van der Waals surface area (Å²) in [6.45, 7) is 4.64. The number of aryl methyl sites for hydroxylation is 1. The molecule has 1 fully saturated rings. The molecule has 2 heterocycles. The zero-order chi connectivity index (χ0) is 17.3. The number of likely N-dealkylation sites (tertiary alicyclic amines) is 1. The fourth-order valence-electron chi connectivity index (χ4n) is 3.09. The molecule has 3 rings (SSSR count). The lowest BCUT2D eigenvalue weighted by molar-refractivity contribution is -0.138.